The molecular formula is C31H44BN3O5. The molecule has 1 aromatic heterocycles. The summed E-state index contributed by atoms with van der Waals surface area (Å²) in [6, 6.07) is 6.31. The average molecular weight is 550 g/mol. The van der Waals surface area contributed by atoms with E-state index in [0.717, 1.165) is 60.6 Å². The van der Waals surface area contributed by atoms with E-state index in [2.05, 4.69) is 55.9 Å². The zero-order chi connectivity index (χ0) is 29.0. The quantitative estimate of drug-likeness (QED) is 0.511. The first-order valence-corrected chi connectivity index (χ1v) is 14.7. The van der Waals surface area contributed by atoms with Crippen LogP contribution in [-0.4, -0.2) is 55.0 Å². The topological polar surface area (TPSA) is 92.9 Å². The van der Waals surface area contributed by atoms with Crippen LogP contribution in [0.15, 0.2) is 23.0 Å². The molecule has 2 saturated heterocycles. The lowest BCUT2D eigenvalue weighted by atomic mass is 9.53. The van der Waals surface area contributed by atoms with Gasteiger partial charge >= 0.3 is 7.12 Å². The Kier molecular flexibility index (Phi) is 7.70. The van der Waals surface area contributed by atoms with Crippen molar-refractivity contribution in [1.29, 1.82) is 0 Å². The largest absolute Gasteiger partial charge is 0.494 e. The van der Waals surface area contributed by atoms with Gasteiger partial charge in [0.25, 0.3) is 11.5 Å². The molecule has 40 heavy (non-hydrogen) atoms. The van der Waals surface area contributed by atoms with Gasteiger partial charge in [0.05, 0.1) is 11.2 Å². The standard InChI is InChI=1S/C31H44BN3O5/c1-9-35(24-10-12-38-13-11-24)27-16-23(32-39-30(7)21(5)22(6)31(30,8)40-32)15-25(20(27)4)28(36)33-17-26-18(2)14-19(3)34-29(26)37/h14-16,21-22,24H,9-13,17H2,1-8H3,(H,33,36)(H,34,37)/t21-,22?,30?,31?/m0/s1. The Morgan fingerprint density at radius 3 is 2.27 bits per heavy atom. The molecule has 2 N–H and O–H groups in total. The van der Waals surface area contributed by atoms with Gasteiger partial charge in [0.2, 0.25) is 0 Å². The van der Waals surface area contributed by atoms with Crippen molar-refractivity contribution in [2.24, 2.45) is 11.8 Å². The summed E-state index contributed by atoms with van der Waals surface area (Å²) in [5.74, 6) is 0.504. The van der Waals surface area contributed by atoms with E-state index in [1.165, 1.54) is 0 Å². The van der Waals surface area contributed by atoms with E-state index in [1.54, 1.807) is 0 Å². The van der Waals surface area contributed by atoms with Crippen molar-refractivity contribution in [3.63, 3.8) is 0 Å². The normalized spacial score (nSPS) is 28.2. The Morgan fingerprint density at radius 2 is 1.70 bits per heavy atom. The third-order valence-corrected chi connectivity index (χ3v) is 10.3. The number of hydrogen-bond acceptors (Lipinski definition) is 6. The highest BCUT2D eigenvalue weighted by Gasteiger charge is 2.71. The van der Waals surface area contributed by atoms with Crippen LogP contribution in [-0.2, 0) is 20.6 Å². The molecule has 0 radical (unpaired) electrons. The Morgan fingerprint density at radius 1 is 1.07 bits per heavy atom. The number of carbonyl (C=O) groups excluding carboxylic acids is 1. The highest BCUT2D eigenvalue weighted by molar-refractivity contribution is 6.62. The summed E-state index contributed by atoms with van der Waals surface area (Å²) in [7, 11) is -0.566. The fourth-order valence-electron chi connectivity index (χ4n) is 7.19. The second kappa shape index (κ2) is 10.7. The number of aryl methyl sites for hydroxylation is 2. The van der Waals surface area contributed by atoms with Crippen LogP contribution in [0.2, 0.25) is 0 Å². The molecule has 0 spiro atoms. The number of anilines is 1. The van der Waals surface area contributed by atoms with Gasteiger partial charge in [0.15, 0.2) is 0 Å². The summed E-state index contributed by atoms with van der Waals surface area (Å²) in [6.07, 6.45) is 1.88. The number of fused-ring (bicyclic) bond motifs is 1. The molecule has 4 atom stereocenters. The van der Waals surface area contributed by atoms with Crippen molar-refractivity contribution < 1.29 is 18.8 Å². The van der Waals surface area contributed by atoms with Crippen LogP contribution in [0.4, 0.5) is 5.69 Å². The zero-order valence-corrected chi connectivity index (χ0v) is 25.3. The van der Waals surface area contributed by atoms with E-state index >= 15 is 0 Å². The van der Waals surface area contributed by atoms with Gasteiger partial charge in [-0.1, -0.05) is 13.8 Å². The van der Waals surface area contributed by atoms with E-state index in [9.17, 15) is 9.59 Å². The molecule has 3 aliphatic rings. The summed E-state index contributed by atoms with van der Waals surface area (Å²) in [4.78, 5) is 31.6. The number of pyridine rings is 1. The van der Waals surface area contributed by atoms with Gasteiger partial charge in [0, 0.05) is 54.9 Å². The second-order valence-corrected chi connectivity index (χ2v) is 12.3. The number of hydrogen-bond donors (Lipinski definition) is 2. The molecule has 9 heteroatoms. The van der Waals surface area contributed by atoms with Gasteiger partial charge < -0.3 is 29.2 Å². The molecule has 1 amide bonds. The minimum atomic E-state index is -0.566. The molecule has 2 aromatic rings. The first kappa shape index (κ1) is 28.9. The molecule has 216 valence electrons. The van der Waals surface area contributed by atoms with Gasteiger partial charge in [-0.15, -0.1) is 0 Å². The van der Waals surface area contributed by atoms with Gasteiger partial charge in [0.1, 0.15) is 0 Å². The number of amides is 1. The van der Waals surface area contributed by atoms with Crippen molar-refractivity contribution in [3.8, 4) is 0 Å². The number of rotatable bonds is 7. The van der Waals surface area contributed by atoms with Gasteiger partial charge in [-0.2, -0.15) is 0 Å². The molecule has 8 nitrogen and oxygen atoms in total. The van der Waals surface area contributed by atoms with E-state index in [4.69, 9.17) is 14.0 Å². The number of aromatic amines is 1. The maximum absolute atomic E-state index is 13.8. The molecule has 2 aliphatic heterocycles. The molecular weight excluding hydrogens is 505 g/mol. The van der Waals surface area contributed by atoms with Crippen molar-refractivity contribution in [2.75, 3.05) is 24.7 Å². The van der Waals surface area contributed by atoms with Crippen molar-refractivity contribution >= 4 is 24.2 Å². The number of nitrogens with zero attached hydrogens (tertiary/aromatic N) is 1. The highest BCUT2D eigenvalue weighted by Crippen LogP contribution is 2.60. The van der Waals surface area contributed by atoms with Gasteiger partial charge in [-0.05, 0) is 101 Å². The summed E-state index contributed by atoms with van der Waals surface area (Å²) >= 11 is 0. The van der Waals surface area contributed by atoms with Crippen molar-refractivity contribution in [2.45, 2.75) is 92.0 Å². The monoisotopic (exact) mass is 549 g/mol. The van der Waals surface area contributed by atoms with Crippen LogP contribution in [0.1, 0.15) is 80.2 Å². The smallest absolute Gasteiger partial charge is 0.399 e. The van der Waals surface area contributed by atoms with Gasteiger partial charge in [-0.25, -0.2) is 0 Å². The number of aromatic nitrogens is 1. The Hall–Kier alpha value is -2.62. The molecule has 3 fully saturated rings. The number of nitrogens with one attached hydrogen (secondary N) is 2. The van der Waals surface area contributed by atoms with Crippen LogP contribution >= 0.6 is 0 Å². The lowest BCUT2D eigenvalue weighted by Crippen LogP contribution is -2.69. The Balaban J connectivity index is 1.51. The molecule has 1 saturated carbocycles. The molecule has 3 unspecified atom stereocenters. The molecule has 1 aliphatic carbocycles. The second-order valence-electron chi connectivity index (χ2n) is 12.3. The summed E-state index contributed by atoms with van der Waals surface area (Å²) in [5, 5.41) is 3.02. The predicted molar refractivity (Wildman–Crippen MR) is 158 cm³/mol. The number of carbonyl (C=O) groups is 1. The third kappa shape index (κ3) is 4.60. The molecule has 5 rings (SSSR count). The number of H-pyrrole nitrogens is 1. The van der Waals surface area contributed by atoms with Crippen LogP contribution in [0.3, 0.4) is 0 Å². The first-order chi connectivity index (χ1) is 18.9. The molecule has 3 heterocycles. The number of ether oxygens (including phenoxy) is 1. The highest BCUT2D eigenvalue weighted by atomic mass is 16.7. The van der Waals surface area contributed by atoms with Crippen molar-refractivity contribution in [3.05, 3.63) is 56.5 Å². The van der Waals surface area contributed by atoms with E-state index in [0.29, 0.717) is 29.0 Å². The minimum Gasteiger partial charge on any atom is -0.399 e. The van der Waals surface area contributed by atoms with Crippen LogP contribution in [0, 0.1) is 32.6 Å². The van der Waals surface area contributed by atoms with E-state index < -0.39 is 7.12 Å². The minimum absolute atomic E-state index is 0.151. The van der Waals surface area contributed by atoms with Gasteiger partial charge in [-0.3, -0.25) is 9.59 Å². The third-order valence-electron chi connectivity index (χ3n) is 10.3. The van der Waals surface area contributed by atoms with Crippen LogP contribution < -0.4 is 21.2 Å². The summed E-state index contributed by atoms with van der Waals surface area (Å²) in [6.45, 7) is 19.1. The predicted octanol–water partition coefficient (Wildman–Crippen LogP) is 3.78. The fraction of sp³-hybridized carbons (Fsp3) is 0.613. The van der Waals surface area contributed by atoms with Crippen molar-refractivity contribution in [1.82, 2.24) is 10.3 Å². The Labute approximate surface area is 238 Å². The van der Waals surface area contributed by atoms with E-state index in [-0.39, 0.29) is 29.2 Å². The SMILES string of the molecule is CCN(c1cc(B2OC3(C)C(C)[C@H](C)C3(C)O2)cc(C(=O)NCc2c(C)cc(C)[nH]c2=O)c1C)C1CCOCC1. The van der Waals surface area contributed by atoms with Crippen LogP contribution in [0.5, 0.6) is 0 Å². The molecule has 0 bridgehead atoms. The van der Waals surface area contributed by atoms with E-state index in [1.807, 2.05) is 32.9 Å². The maximum atomic E-state index is 13.8. The zero-order valence-electron chi connectivity index (χ0n) is 25.3. The maximum Gasteiger partial charge on any atom is 0.494 e. The number of benzene rings is 1. The van der Waals surface area contributed by atoms with Crippen LogP contribution in [0.25, 0.3) is 0 Å². The summed E-state index contributed by atoms with van der Waals surface area (Å²) in [5.41, 5.74) is 4.61. The molecule has 1 aromatic carbocycles. The lowest BCUT2D eigenvalue weighted by molar-refractivity contribution is -0.202. The first-order valence-electron chi connectivity index (χ1n) is 14.7. The average Bonchev–Trinajstić information content (AvgIpc) is 3.18. The lowest BCUT2D eigenvalue weighted by Gasteiger charge is -2.60. The summed E-state index contributed by atoms with van der Waals surface area (Å²) < 4.78 is 18.9. The fourth-order valence-corrected chi connectivity index (χ4v) is 7.19. The Bertz CT molecular complexity index is 1330.